The summed E-state index contributed by atoms with van der Waals surface area (Å²) in [5.74, 6) is -1.11. The van der Waals surface area contributed by atoms with E-state index in [2.05, 4.69) is 14.8 Å². The molecule has 0 fully saturated rings. The molecule has 0 aliphatic heterocycles. The number of alkyl halides is 3. The zero-order valence-corrected chi connectivity index (χ0v) is 16.6. The Labute approximate surface area is 162 Å². The number of hydrogen-bond donors (Lipinski definition) is 3. The van der Waals surface area contributed by atoms with Gasteiger partial charge in [-0.3, -0.25) is 4.79 Å². The van der Waals surface area contributed by atoms with E-state index in [1.165, 1.54) is 0 Å². The first-order chi connectivity index (χ1) is 11.8. The fraction of sp³-hybridized carbons (Fsp3) is 0.533. The van der Waals surface area contributed by atoms with E-state index >= 15 is 0 Å². The van der Waals surface area contributed by atoms with Crippen LogP contribution in [0.1, 0.15) is 20.8 Å². The molecule has 0 bridgehead atoms. The summed E-state index contributed by atoms with van der Waals surface area (Å²) in [7, 11) is -4.08. The van der Waals surface area contributed by atoms with E-state index in [4.69, 9.17) is 5.73 Å². The molecule has 0 aromatic heterocycles. The van der Waals surface area contributed by atoms with Gasteiger partial charge in [0.05, 0.1) is 17.0 Å². The summed E-state index contributed by atoms with van der Waals surface area (Å²) in [6.07, 6.45) is -4.87. The molecule has 0 spiro atoms. The number of ether oxygens (including phenoxy) is 1. The Hall–Kier alpha value is -1.56. The van der Waals surface area contributed by atoms with Gasteiger partial charge in [0.2, 0.25) is 15.9 Å². The number of nitrogens with one attached hydrogen (secondary N) is 2. The number of nitrogens with two attached hydrogens (primary N) is 1. The first-order valence-electron chi connectivity index (χ1n) is 7.65. The van der Waals surface area contributed by atoms with Gasteiger partial charge in [-0.15, -0.1) is 25.6 Å². The molecule has 156 valence electrons. The summed E-state index contributed by atoms with van der Waals surface area (Å²) >= 11 is 0. The van der Waals surface area contributed by atoms with Crippen molar-refractivity contribution in [3.63, 3.8) is 0 Å². The maximum absolute atomic E-state index is 12.1. The highest BCUT2D eigenvalue weighted by atomic mass is 35.5. The molecule has 12 heteroatoms. The zero-order chi connectivity index (χ0) is 20.2. The summed E-state index contributed by atoms with van der Waals surface area (Å²) in [6.45, 7) is 5.10. The van der Waals surface area contributed by atoms with Crippen LogP contribution in [0.15, 0.2) is 29.2 Å². The highest BCUT2D eigenvalue weighted by Gasteiger charge is 2.31. The standard InChI is InChI=1S/C15H22F3N3O4S.ClH/c1-10(2)14(3,9-19)21-13(22)8-20-26(23,24)12-6-4-11(5-7-12)25-15(16,17)18;/h4-7,10,20H,8-9,19H2,1-3H3,(H,21,22);1H. The van der Waals surface area contributed by atoms with Gasteiger partial charge in [0.1, 0.15) is 5.75 Å². The van der Waals surface area contributed by atoms with E-state index in [9.17, 15) is 26.4 Å². The lowest BCUT2D eigenvalue weighted by Gasteiger charge is -2.33. The molecule has 0 radical (unpaired) electrons. The van der Waals surface area contributed by atoms with Crippen molar-refractivity contribution < 1.29 is 31.1 Å². The Kier molecular flexibility index (Phi) is 9.03. The molecule has 0 saturated heterocycles. The number of hydrogen-bond acceptors (Lipinski definition) is 5. The van der Waals surface area contributed by atoms with Crippen LogP contribution in [0.3, 0.4) is 0 Å². The highest BCUT2D eigenvalue weighted by Crippen LogP contribution is 2.23. The monoisotopic (exact) mass is 433 g/mol. The molecule has 0 saturated carbocycles. The van der Waals surface area contributed by atoms with E-state index in [1.807, 2.05) is 13.8 Å². The first-order valence-corrected chi connectivity index (χ1v) is 9.14. The van der Waals surface area contributed by atoms with Crippen molar-refractivity contribution in [3.8, 4) is 5.75 Å². The molecule has 1 atom stereocenters. The first kappa shape index (κ1) is 25.4. The van der Waals surface area contributed by atoms with Crippen molar-refractivity contribution in [1.29, 1.82) is 0 Å². The number of carbonyl (C=O) groups is 1. The molecule has 0 aliphatic rings. The molecule has 27 heavy (non-hydrogen) atoms. The second-order valence-corrected chi connectivity index (χ2v) is 7.94. The quantitative estimate of drug-likeness (QED) is 0.578. The van der Waals surface area contributed by atoms with Gasteiger partial charge < -0.3 is 15.8 Å². The molecule has 1 aromatic rings. The second-order valence-electron chi connectivity index (χ2n) is 6.17. The SMILES string of the molecule is CC(C)C(C)(CN)NC(=O)CNS(=O)(=O)c1ccc(OC(F)(F)F)cc1.Cl. The Morgan fingerprint density at radius 2 is 1.74 bits per heavy atom. The predicted octanol–water partition coefficient (Wildman–Crippen LogP) is 1.77. The number of carbonyl (C=O) groups excluding carboxylic acids is 1. The van der Waals surface area contributed by atoms with Crippen LogP contribution in [-0.4, -0.2) is 39.3 Å². The lowest BCUT2D eigenvalue weighted by Crippen LogP contribution is -2.56. The van der Waals surface area contributed by atoms with Crippen LogP contribution in [0, 0.1) is 5.92 Å². The Bertz CT molecular complexity index is 727. The Morgan fingerprint density at radius 1 is 1.22 bits per heavy atom. The number of halogens is 4. The van der Waals surface area contributed by atoms with Crippen LogP contribution >= 0.6 is 12.4 Å². The zero-order valence-electron chi connectivity index (χ0n) is 15.0. The van der Waals surface area contributed by atoms with Gasteiger partial charge in [0, 0.05) is 6.54 Å². The largest absolute Gasteiger partial charge is 0.573 e. The summed E-state index contributed by atoms with van der Waals surface area (Å²) in [5.41, 5.74) is 4.95. The second kappa shape index (κ2) is 9.58. The number of sulfonamides is 1. The van der Waals surface area contributed by atoms with Crippen LogP contribution in [0.25, 0.3) is 0 Å². The van der Waals surface area contributed by atoms with Crippen LogP contribution in [0.4, 0.5) is 13.2 Å². The maximum Gasteiger partial charge on any atom is 0.573 e. The molecule has 1 aromatic carbocycles. The molecule has 7 nitrogen and oxygen atoms in total. The van der Waals surface area contributed by atoms with Gasteiger partial charge in [-0.25, -0.2) is 13.1 Å². The smallest absolute Gasteiger partial charge is 0.406 e. The van der Waals surface area contributed by atoms with E-state index in [-0.39, 0.29) is 29.8 Å². The third-order valence-electron chi connectivity index (χ3n) is 3.91. The fourth-order valence-electron chi connectivity index (χ4n) is 1.86. The molecule has 0 heterocycles. The highest BCUT2D eigenvalue weighted by molar-refractivity contribution is 7.89. The van der Waals surface area contributed by atoms with Gasteiger partial charge >= 0.3 is 6.36 Å². The summed E-state index contributed by atoms with van der Waals surface area (Å²) in [4.78, 5) is 11.7. The van der Waals surface area contributed by atoms with Gasteiger partial charge in [0.25, 0.3) is 0 Å². The van der Waals surface area contributed by atoms with Crippen molar-refractivity contribution in [1.82, 2.24) is 10.0 Å². The summed E-state index contributed by atoms with van der Waals surface area (Å²) in [6, 6.07) is 3.62. The van der Waals surface area contributed by atoms with Crippen molar-refractivity contribution in [2.75, 3.05) is 13.1 Å². The third kappa shape index (κ3) is 7.91. The van der Waals surface area contributed by atoms with Crippen molar-refractivity contribution in [2.45, 2.75) is 37.6 Å². The average Bonchev–Trinajstić information content (AvgIpc) is 2.51. The van der Waals surface area contributed by atoms with Crippen LogP contribution < -0.4 is 20.5 Å². The topological polar surface area (TPSA) is 111 Å². The third-order valence-corrected chi connectivity index (χ3v) is 5.33. The molecule has 1 amide bonds. The lowest BCUT2D eigenvalue weighted by atomic mass is 9.88. The van der Waals surface area contributed by atoms with Crippen molar-refractivity contribution in [3.05, 3.63) is 24.3 Å². The van der Waals surface area contributed by atoms with E-state index in [0.717, 1.165) is 24.3 Å². The number of rotatable bonds is 8. The minimum absolute atomic E-state index is 0. The van der Waals surface area contributed by atoms with E-state index < -0.39 is 40.1 Å². The average molecular weight is 434 g/mol. The summed E-state index contributed by atoms with van der Waals surface area (Å²) < 4.78 is 66.3. The van der Waals surface area contributed by atoms with Crippen LogP contribution in [-0.2, 0) is 14.8 Å². The molecule has 4 N–H and O–H groups in total. The predicted molar refractivity (Wildman–Crippen MR) is 96.0 cm³/mol. The van der Waals surface area contributed by atoms with Crippen molar-refractivity contribution >= 4 is 28.3 Å². The normalized spacial score (nSPS) is 14.2. The maximum atomic E-state index is 12.1. The number of amides is 1. The fourth-order valence-corrected chi connectivity index (χ4v) is 2.84. The lowest BCUT2D eigenvalue weighted by molar-refractivity contribution is -0.274. The van der Waals surface area contributed by atoms with Crippen LogP contribution in [0.2, 0.25) is 0 Å². The van der Waals surface area contributed by atoms with Crippen molar-refractivity contribution in [2.24, 2.45) is 11.7 Å². The van der Waals surface area contributed by atoms with Crippen LogP contribution in [0.5, 0.6) is 5.75 Å². The van der Waals surface area contributed by atoms with E-state index in [0.29, 0.717) is 0 Å². The van der Waals surface area contributed by atoms with Gasteiger partial charge in [-0.2, -0.15) is 0 Å². The minimum atomic E-state index is -4.87. The number of benzene rings is 1. The van der Waals surface area contributed by atoms with Gasteiger partial charge in [-0.05, 0) is 37.1 Å². The summed E-state index contributed by atoms with van der Waals surface area (Å²) in [5, 5.41) is 2.67. The molecule has 1 unspecified atom stereocenters. The Morgan fingerprint density at radius 3 is 2.15 bits per heavy atom. The minimum Gasteiger partial charge on any atom is -0.406 e. The van der Waals surface area contributed by atoms with E-state index in [1.54, 1.807) is 6.92 Å². The molecular weight excluding hydrogens is 411 g/mol. The van der Waals surface area contributed by atoms with Gasteiger partial charge in [0.15, 0.2) is 0 Å². The van der Waals surface area contributed by atoms with Gasteiger partial charge in [-0.1, -0.05) is 13.8 Å². The molecular formula is C15H23ClF3N3O4S. The molecule has 1 rings (SSSR count). The molecule has 0 aliphatic carbocycles. The Balaban J connectivity index is 0.00000676.